The van der Waals surface area contributed by atoms with Crippen molar-refractivity contribution >= 4 is 44.9 Å². The van der Waals surface area contributed by atoms with E-state index in [9.17, 15) is 0 Å². The monoisotopic (exact) mass is 389 g/mol. The van der Waals surface area contributed by atoms with Gasteiger partial charge in [-0.1, -0.05) is 24.3 Å². The van der Waals surface area contributed by atoms with E-state index in [0.717, 1.165) is 37.4 Å². The van der Waals surface area contributed by atoms with Crippen LogP contribution in [0.2, 0.25) is 0 Å². The maximum absolute atomic E-state index is 4.86. The zero-order chi connectivity index (χ0) is 14.9. The second-order valence-corrected chi connectivity index (χ2v) is 6.76. The summed E-state index contributed by atoms with van der Waals surface area (Å²) in [6, 6.07) is 15.0. The first kappa shape index (κ1) is 16.4. The number of aromatic nitrogens is 1. The largest absolute Gasteiger partial charge is 0.368 e. The quantitative estimate of drug-likeness (QED) is 0.651. The summed E-state index contributed by atoms with van der Waals surface area (Å²) in [6.45, 7) is 4.39. The minimum Gasteiger partial charge on any atom is -0.368 e. The molecule has 1 aliphatic heterocycles. The molecule has 1 saturated heterocycles. The van der Waals surface area contributed by atoms with Gasteiger partial charge in [-0.15, -0.1) is 28.3 Å². The molecule has 5 heteroatoms. The Balaban J connectivity index is 0.00000156. The van der Waals surface area contributed by atoms with Gasteiger partial charge in [0, 0.05) is 37.3 Å². The fourth-order valence-electron chi connectivity index (χ4n) is 3.02. The van der Waals surface area contributed by atoms with Crippen LogP contribution in [0.5, 0.6) is 0 Å². The van der Waals surface area contributed by atoms with Gasteiger partial charge in [0.25, 0.3) is 0 Å². The van der Waals surface area contributed by atoms with E-state index in [0.29, 0.717) is 0 Å². The lowest BCUT2D eigenvalue weighted by Gasteiger charge is -2.34. The van der Waals surface area contributed by atoms with Crippen LogP contribution in [0.25, 0.3) is 21.5 Å². The summed E-state index contributed by atoms with van der Waals surface area (Å²) in [6.07, 6.45) is 0. The van der Waals surface area contributed by atoms with Crippen LogP contribution in [-0.4, -0.2) is 43.1 Å². The van der Waals surface area contributed by atoms with Crippen molar-refractivity contribution in [2.24, 2.45) is 0 Å². The number of likely N-dealkylation sites (N-methyl/N-ethyl adjacent to an activating group) is 1. The fraction of sp³-hybridized carbons (Fsp3) is 0.278. The summed E-state index contributed by atoms with van der Waals surface area (Å²) in [5, 5.41) is 3.37. The van der Waals surface area contributed by atoms with Crippen LogP contribution in [0, 0.1) is 0 Å². The Hall–Kier alpha value is -1.43. The van der Waals surface area contributed by atoms with Crippen molar-refractivity contribution in [3.8, 4) is 10.6 Å². The molecule has 1 aromatic carbocycles. The van der Waals surface area contributed by atoms with E-state index in [2.05, 4.69) is 64.7 Å². The normalized spacial score (nSPS) is 15.6. The van der Waals surface area contributed by atoms with E-state index in [-0.39, 0.29) is 17.0 Å². The third-order valence-electron chi connectivity index (χ3n) is 4.31. The Morgan fingerprint density at radius 2 is 1.78 bits per heavy atom. The molecule has 3 heterocycles. The Kier molecular flexibility index (Phi) is 4.99. The molecular formula is C18H20BrN3S. The molecule has 2 aromatic heterocycles. The average Bonchev–Trinajstić information content (AvgIpc) is 3.09. The highest BCUT2D eigenvalue weighted by atomic mass is 79.9. The first-order valence-corrected chi connectivity index (χ1v) is 8.56. The summed E-state index contributed by atoms with van der Waals surface area (Å²) in [4.78, 5) is 11.0. The first-order valence-electron chi connectivity index (χ1n) is 7.68. The average molecular weight is 390 g/mol. The van der Waals surface area contributed by atoms with Gasteiger partial charge in [0.1, 0.15) is 0 Å². The predicted octanol–water partition coefficient (Wildman–Crippen LogP) is 4.29. The van der Waals surface area contributed by atoms with E-state index in [1.165, 1.54) is 16.0 Å². The molecule has 120 valence electrons. The molecule has 0 aliphatic carbocycles. The molecular weight excluding hydrogens is 370 g/mol. The highest BCUT2D eigenvalue weighted by Gasteiger charge is 2.18. The summed E-state index contributed by atoms with van der Waals surface area (Å²) >= 11 is 1.75. The lowest BCUT2D eigenvalue weighted by molar-refractivity contribution is 0.313. The number of pyridine rings is 1. The number of halogens is 1. The Morgan fingerprint density at radius 1 is 1.00 bits per heavy atom. The minimum absolute atomic E-state index is 0. The first-order chi connectivity index (χ1) is 10.8. The molecule has 0 bridgehead atoms. The number of hydrogen-bond donors (Lipinski definition) is 0. The third kappa shape index (κ3) is 3.27. The highest BCUT2D eigenvalue weighted by Crippen LogP contribution is 2.33. The van der Waals surface area contributed by atoms with Crippen LogP contribution >= 0.6 is 28.3 Å². The van der Waals surface area contributed by atoms with Crippen LogP contribution in [0.15, 0.2) is 47.8 Å². The number of para-hydroxylation sites is 1. The van der Waals surface area contributed by atoms with E-state index in [1.54, 1.807) is 11.3 Å². The molecule has 0 amide bonds. The summed E-state index contributed by atoms with van der Waals surface area (Å²) in [7, 11) is 2.19. The smallest absolute Gasteiger partial charge is 0.0830 e. The standard InChI is InChI=1S/C18H19N3S.BrH/c1-20-8-10-21(11-9-20)17-13-16(18-7-4-12-22-18)19-15-6-3-2-5-14(15)17;/h2-7,12-13H,8-11H2,1H3;1H. The van der Waals surface area contributed by atoms with Crippen LogP contribution in [0.4, 0.5) is 5.69 Å². The number of anilines is 1. The molecule has 0 unspecified atom stereocenters. The number of hydrogen-bond acceptors (Lipinski definition) is 4. The van der Waals surface area contributed by atoms with Gasteiger partial charge in [0.15, 0.2) is 0 Å². The van der Waals surface area contributed by atoms with Gasteiger partial charge in [0.05, 0.1) is 16.1 Å². The van der Waals surface area contributed by atoms with Crippen LogP contribution in [-0.2, 0) is 0 Å². The Bertz CT molecular complexity index is 780. The highest BCUT2D eigenvalue weighted by molar-refractivity contribution is 8.93. The molecule has 0 saturated carbocycles. The maximum atomic E-state index is 4.86. The molecule has 3 aromatic rings. The Morgan fingerprint density at radius 3 is 2.52 bits per heavy atom. The molecule has 0 atom stereocenters. The SMILES string of the molecule is Br.CN1CCN(c2cc(-c3cccs3)nc3ccccc23)CC1. The number of fused-ring (bicyclic) bond motifs is 1. The maximum Gasteiger partial charge on any atom is 0.0830 e. The molecule has 0 N–H and O–H groups in total. The van der Waals surface area contributed by atoms with Crippen LogP contribution < -0.4 is 4.90 Å². The van der Waals surface area contributed by atoms with Gasteiger partial charge in [-0.3, -0.25) is 0 Å². The summed E-state index contributed by atoms with van der Waals surface area (Å²) < 4.78 is 0. The van der Waals surface area contributed by atoms with Gasteiger partial charge in [0.2, 0.25) is 0 Å². The molecule has 1 aliphatic rings. The predicted molar refractivity (Wildman–Crippen MR) is 105 cm³/mol. The number of rotatable bonds is 2. The zero-order valence-corrected chi connectivity index (χ0v) is 15.6. The Labute approximate surface area is 151 Å². The van der Waals surface area contributed by atoms with Crippen molar-refractivity contribution in [1.82, 2.24) is 9.88 Å². The third-order valence-corrected chi connectivity index (χ3v) is 5.20. The van der Waals surface area contributed by atoms with Gasteiger partial charge in [-0.25, -0.2) is 4.98 Å². The number of benzene rings is 1. The van der Waals surface area contributed by atoms with Gasteiger partial charge < -0.3 is 9.80 Å². The lowest BCUT2D eigenvalue weighted by Crippen LogP contribution is -2.44. The second kappa shape index (κ2) is 6.99. The van der Waals surface area contributed by atoms with E-state index in [4.69, 9.17) is 4.98 Å². The van der Waals surface area contributed by atoms with E-state index in [1.807, 2.05) is 0 Å². The van der Waals surface area contributed by atoms with Crippen molar-refractivity contribution in [1.29, 1.82) is 0 Å². The number of nitrogens with zero attached hydrogens (tertiary/aromatic N) is 3. The summed E-state index contributed by atoms with van der Waals surface area (Å²) in [5.74, 6) is 0. The van der Waals surface area contributed by atoms with Crippen molar-refractivity contribution in [3.05, 3.63) is 47.8 Å². The number of piperazine rings is 1. The van der Waals surface area contributed by atoms with Crippen LogP contribution in [0.1, 0.15) is 0 Å². The van der Waals surface area contributed by atoms with Crippen molar-refractivity contribution in [2.45, 2.75) is 0 Å². The second-order valence-electron chi connectivity index (χ2n) is 5.81. The zero-order valence-electron chi connectivity index (χ0n) is 13.1. The van der Waals surface area contributed by atoms with E-state index >= 15 is 0 Å². The van der Waals surface area contributed by atoms with Gasteiger partial charge in [-0.05, 0) is 30.6 Å². The van der Waals surface area contributed by atoms with Crippen molar-refractivity contribution in [3.63, 3.8) is 0 Å². The van der Waals surface area contributed by atoms with Crippen molar-refractivity contribution in [2.75, 3.05) is 38.1 Å². The molecule has 3 nitrogen and oxygen atoms in total. The lowest BCUT2D eigenvalue weighted by atomic mass is 10.1. The van der Waals surface area contributed by atoms with Crippen LogP contribution in [0.3, 0.4) is 0 Å². The molecule has 4 rings (SSSR count). The van der Waals surface area contributed by atoms with Crippen molar-refractivity contribution < 1.29 is 0 Å². The minimum atomic E-state index is 0. The number of thiophene rings is 1. The summed E-state index contributed by atoms with van der Waals surface area (Å²) in [5.41, 5.74) is 3.49. The molecule has 23 heavy (non-hydrogen) atoms. The van der Waals surface area contributed by atoms with Gasteiger partial charge in [-0.2, -0.15) is 0 Å². The van der Waals surface area contributed by atoms with E-state index < -0.39 is 0 Å². The van der Waals surface area contributed by atoms with Gasteiger partial charge >= 0.3 is 0 Å². The topological polar surface area (TPSA) is 19.4 Å². The molecule has 0 radical (unpaired) electrons. The molecule has 0 spiro atoms. The fourth-order valence-corrected chi connectivity index (χ4v) is 3.70. The molecule has 1 fully saturated rings.